The Hall–Kier alpha value is -2.62. The van der Waals surface area contributed by atoms with Crippen LogP contribution in [0.1, 0.15) is 45.5 Å². The molecule has 3 heterocycles. The molecule has 9 heteroatoms. The van der Waals surface area contributed by atoms with Gasteiger partial charge in [-0.2, -0.15) is 0 Å². The van der Waals surface area contributed by atoms with Crippen LogP contribution in [0.2, 0.25) is 0 Å². The highest BCUT2D eigenvalue weighted by molar-refractivity contribution is 6.23. The van der Waals surface area contributed by atoms with Gasteiger partial charge in [-0.3, -0.25) is 29.4 Å². The molecular formula is C22H29N5O4. The molecule has 3 aliphatic heterocycles. The second-order valence-electron chi connectivity index (χ2n) is 8.51. The van der Waals surface area contributed by atoms with E-state index in [0.717, 1.165) is 56.2 Å². The van der Waals surface area contributed by atoms with Gasteiger partial charge >= 0.3 is 0 Å². The van der Waals surface area contributed by atoms with Crippen molar-refractivity contribution in [1.82, 2.24) is 25.3 Å². The maximum absolute atomic E-state index is 12.9. The topological polar surface area (TPSA) is 102 Å². The van der Waals surface area contributed by atoms with Crippen molar-refractivity contribution >= 4 is 23.6 Å². The number of nitrogens with zero attached hydrogens (tertiary/aromatic N) is 3. The number of benzene rings is 1. The molecule has 4 rings (SSSR count). The number of fused-ring (bicyclic) bond motifs is 1. The fourth-order valence-corrected chi connectivity index (χ4v) is 4.51. The molecule has 3 aliphatic rings. The minimum atomic E-state index is -0.929. The zero-order chi connectivity index (χ0) is 22.0. The third kappa shape index (κ3) is 4.68. The van der Waals surface area contributed by atoms with Gasteiger partial charge in [0.2, 0.25) is 11.8 Å². The standard InChI is InChI=1S/C22H29N5O4/c1-25(9-2-10-26-11-7-23-8-12-26)14-15-3-4-16-17(13-15)22(31)27(21(16)30)18-5-6-19(28)24-20(18)29/h3-4,13,18,23H,2,5-12,14H2,1H3,(H,24,28,29). The molecule has 0 saturated carbocycles. The van der Waals surface area contributed by atoms with Gasteiger partial charge in [0.25, 0.3) is 11.8 Å². The second-order valence-corrected chi connectivity index (χ2v) is 8.51. The molecule has 1 unspecified atom stereocenters. The third-order valence-corrected chi connectivity index (χ3v) is 6.18. The van der Waals surface area contributed by atoms with Crippen LogP contribution in [0, 0.1) is 0 Å². The van der Waals surface area contributed by atoms with Crippen LogP contribution in [0.4, 0.5) is 0 Å². The second kappa shape index (κ2) is 9.25. The minimum absolute atomic E-state index is 0.119. The normalized spacial score (nSPS) is 22.3. The molecule has 2 saturated heterocycles. The van der Waals surface area contributed by atoms with Crippen LogP contribution >= 0.6 is 0 Å². The Morgan fingerprint density at radius 2 is 1.81 bits per heavy atom. The van der Waals surface area contributed by atoms with Crippen LogP contribution in [0.5, 0.6) is 0 Å². The Morgan fingerprint density at radius 1 is 1.06 bits per heavy atom. The quantitative estimate of drug-likeness (QED) is 0.582. The number of hydrogen-bond acceptors (Lipinski definition) is 7. The first-order valence-electron chi connectivity index (χ1n) is 10.9. The van der Waals surface area contributed by atoms with E-state index in [0.29, 0.717) is 17.7 Å². The highest BCUT2D eigenvalue weighted by atomic mass is 16.2. The van der Waals surface area contributed by atoms with Crippen molar-refractivity contribution in [3.05, 3.63) is 34.9 Å². The minimum Gasteiger partial charge on any atom is -0.314 e. The Balaban J connectivity index is 1.36. The average molecular weight is 428 g/mol. The summed E-state index contributed by atoms with van der Waals surface area (Å²) >= 11 is 0. The summed E-state index contributed by atoms with van der Waals surface area (Å²) < 4.78 is 0. The van der Waals surface area contributed by atoms with Gasteiger partial charge in [0, 0.05) is 39.1 Å². The fraction of sp³-hybridized carbons (Fsp3) is 0.545. The van der Waals surface area contributed by atoms with Crippen molar-refractivity contribution in [2.24, 2.45) is 0 Å². The summed E-state index contributed by atoms with van der Waals surface area (Å²) in [6, 6.07) is 4.37. The van der Waals surface area contributed by atoms with Gasteiger partial charge in [0.1, 0.15) is 6.04 Å². The summed E-state index contributed by atoms with van der Waals surface area (Å²) in [5.74, 6) is -1.89. The number of piperidine rings is 1. The van der Waals surface area contributed by atoms with Crippen molar-refractivity contribution in [2.75, 3.05) is 46.3 Å². The van der Waals surface area contributed by atoms with Crippen LogP contribution < -0.4 is 10.6 Å². The molecule has 0 radical (unpaired) electrons. The highest BCUT2D eigenvalue weighted by Gasteiger charge is 2.44. The van der Waals surface area contributed by atoms with Crippen molar-refractivity contribution in [1.29, 1.82) is 0 Å². The first-order valence-corrected chi connectivity index (χ1v) is 10.9. The molecule has 4 amide bonds. The summed E-state index contributed by atoms with van der Waals surface area (Å²) in [5.41, 5.74) is 1.61. The van der Waals surface area contributed by atoms with Gasteiger partial charge in [-0.15, -0.1) is 0 Å². The van der Waals surface area contributed by atoms with Crippen molar-refractivity contribution in [2.45, 2.75) is 31.8 Å². The van der Waals surface area contributed by atoms with Crippen LogP contribution in [0.15, 0.2) is 18.2 Å². The Morgan fingerprint density at radius 3 is 2.55 bits per heavy atom. The van der Waals surface area contributed by atoms with E-state index in [2.05, 4.69) is 20.4 Å². The van der Waals surface area contributed by atoms with E-state index in [9.17, 15) is 19.2 Å². The molecule has 0 aromatic heterocycles. The highest BCUT2D eigenvalue weighted by Crippen LogP contribution is 2.28. The van der Waals surface area contributed by atoms with Gasteiger partial charge in [0.15, 0.2) is 0 Å². The zero-order valence-corrected chi connectivity index (χ0v) is 17.9. The molecule has 0 spiro atoms. The summed E-state index contributed by atoms with van der Waals surface area (Å²) in [6.07, 6.45) is 1.36. The van der Waals surface area contributed by atoms with Gasteiger partial charge in [-0.05, 0) is 50.7 Å². The monoisotopic (exact) mass is 427 g/mol. The lowest BCUT2D eigenvalue weighted by Crippen LogP contribution is -2.54. The smallest absolute Gasteiger partial charge is 0.262 e. The van der Waals surface area contributed by atoms with Gasteiger partial charge in [0.05, 0.1) is 11.1 Å². The third-order valence-electron chi connectivity index (χ3n) is 6.18. The van der Waals surface area contributed by atoms with Crippen LogP contribution in [0.25, 0.3) is 0 Å². The van der Waals surface area contributed by atoms with Crippen molar-refractivity contribution in [3.8, 4) is 0 Å². The molecule has 1 aromatic rings. The summed E-state index contributed by atoms with van der Waals surface area (Å²) in [6.45, 7) is 6.97. The molecular weight excluding hydrogens is 398 g/mol. The summed E-state index contributed by atoms with van der Waals surface area (Å²) in [7, 11) is 2.05. The molecule has 31 heavy (non-hydrogen) atoms. The lowest BCUT2D eigenvalue weighted by molar-refractivity contribution is -0.136. The van der Waals surface area contributed by atoms with Crippen LogP contribution in [0.3, 0.4) is 0 Å². The lowest BCUT2D eigenvalue weighted by atomic mass is 10.0. The molecule has 1 aromatic carbocycles. The maximum Gasteiger partial charge on any atom is 0.262 e. The SMILES string of the molecule is CN(CCCN1CCNCC1)Cc1ccc2c(c1)C(=O)N(C1CCC(=O)NC1=O)C2=O. The number of amides is 4. The number of hydrogen-bond donors (Lipinski definition) is 2. The number of imide groups is 2. The van der Waals surface area contributed by atoms with E-state index in [1.54, 1.807) is 12.1 Å². The molecule has 1 atom stereocenters. The van der Waals surface area contributed by atoms with E-state index >= 15 is 0 Å². The Bertz CT molecular complexity index is 896. The van der Waals surface area contributed by atoms with E-state index in [1.807, 2.05) is 13.1 Å². The maximum atomic E-state index is 12.9. The van der Waals surface area contributed by atoms with Crippen molar-refractivity contribution in [3.63, 3.8) is 0 Å². The fourth-order valence-electron chi connectivity index (χ4n) is 4.51. The zero-order valence-electron chi connectivity index (χ0n) is 17.9. The first kappa shape index (κ1) is 21.6. The molecule has 0 bridgehead atoms. The predicted octanol–water partition coefficient (Wildman–Crippen LogP) is -0.185. The van der Waals surface area contributed by atoms with E-state index < -0.39 is 23.8 Å². The summed E-state index contributed by atoms with van der Waals surface area (Å²) in [4.78, 5) is 55.0. The summed E-state index contributed by atoms with van der Waals surface area (Å²) in [5, 5.41) is 5.58. The molecule has 166 valence electrons. The van der Waals surface area contributed by atoms with E-state index in [1.165, 1.54) is 0 Å². The number of nitrogens with one attached hydrogen (secondary N) is 2. The first-order chi connectivity index (χ1) is 14.9. The molecule has 2 N–H and O–H groups in total. The predicted molar refractivity (Wildman–Crippen MR) is 113 cm³/mol. The van der Waals surface area contributed by atoms with E-state index in [-0.39, 0.29) is 18.7 Å². The van der Waals surface area contributed by atoms with Gasteiger partial charge < -0.3 is 15.1 Å². The van der Waals surface area contributed by atoms with Crippen LogP contribution in [-0.2, 0) is 16.1 Å². The molecule has 0 aliphatic carbocycles. The number of carbonyl (C=O) groups is 4. The van der Waals surface area contributed by atoms with E-state index in [4.69, 9.17) is 0 Å². The number of piperazine rings is 1. The Labute approximate surface area is 181 Å². The van der Waals surface area contributed by atoms with Gasteiger partial charge in [-0.1, -0.05) is 6.07 Å². The van der Waals surface area contributed by atoms with Gasteiger partial charge in [-0.25, -0.2) is 0 Å². The molecule has 9 nitrogen and oxygen atoms in total. The Kier molecular flexibility index (Phi) is 6.45. The van der Waals surface area contributed by atoms with Crippen LogP contribution in [-0.4, -0.2) is 90.7 Å². The number of carbonyl (C=O) groups excluding carboxylic acids is 4. The largest absolute Gasteiger partial charge is 0.314 e. The average Bonchev–Trinajstić information content (AvgIpc) is 2.99. The molecule has 2 fully saturated rings. The lowest BCUT2D eigenvalue weighted by Gasteiger charge is -2.28. The number of rotatable bonds is 7. The van der Waals surface area contributed by atoms with Crippen molar-refractivity contribution < 1.29 is 19.2 Å².